The van der Waals surface area contributed by atoms with Crippen molar-refractivity contribution in [3.05, 3.63) is 70.3 Å². The maximum Gasteiger partial charge on any atom is 0.160 e. The highest BCUT2D eigenvalue weighted by Gasteiger charge is 2.49. The second-order valence-electron chi connectivity index (χ2n) is 12.0. The molecule has 4 heteroatoms. The first-order valence-corrected chi connectivity index (χ1v) is 14.3. The molecule has 194 valence electrons. The molecule has 4 nitrogen and oxygen atoms in total. The summed E-state index contributed by atoms with van der Waals surface area (Å²) >= 11 is 0. The Labute approximate surface area is 218 Å². The highest BCUT2D eigenvalue weighted by atomic mass is 16.1. The summed E-state index contributed by atoms with van der Waals surface area (Å²) in [6.45, 7) is 15.1. The Morgan fingerprint density at radius 1 is 1.08 bits per heavy atom. The molecule has 3 aliphatic rings. The molecule has 0 amide bonds. The van der Waals surface area contributed by atoms with E-state index in [-0.39, 0.29) is 5.78 Å². The van der Waals surface area contributed by atoms with Crippen LogP contribution in [0, 0.1) is 5.41 Å². The fraction of sp³-hybridized carbons (Fsp3) is 0.594. The van der Waals surface area contributed by atoms with Crippen LogP contribution in [-0.4, -0.2) is 54.3 Å². The predicted molar refractivity (Wildman–Crippen MR) is 149 cm³/mol. The zero-order valence-electron chi connectivity index (χ0n) is 22.9. The molecule has 36 heavy (non-hydrogen) atoms. The van der Waals surface area contributed by atoms with Gasteiger partial charge < -0.3 is 5.32 Å². The fourth-order valence-electron chi connectivity index (χ4n) is 7.21. The summed E-state index contributed by atoms with van der Waals surface area (Å²) in [5.41, 5.74) is 6.94. The van der Waals surface area contributed by atoms with Gasteiger partial charge in [-0.2, -0.15) is 0 Å². The van der Waals surface area contributed by atoms with Crippen LogP contribution in [0.4, 0.5) is 0 Å². The molecule has 3 fully saturated rings. The van der Waals surface area contributed by atoms with Crippen molar-refractivity contribution in [2.45, 2.75) is 84.3 Å². The fourth-order valence-corrected chi connectivity index (χ4v) is 7.21. The number of carbonyl (C=O) groups excluding carboxylic acids is 1. The Morgan fingerprint density at radius 2 is 1.83 bits per heavy atom. The summed E-state index contributed by atoms with van der Waals surface area (Å²) in [7, 11) is 0. The van der Waals surface area contributed by atoms with Crippen molar-refractivity contribution in [2.24, 2.45) is 5.41 Å². The van der Waals surface area contributed by atoms with Gasteiger partial charge in [0.05, 0.1) is 0 Å². The Kier molecular flexibility index (Phi) is 7.67. The van der Waals surface area contributed by atoms with Crippen molar-refractivity contribution >= 4 is 5.78 Å². The molecule has 1 saturated carbocycles. The average molecular weight is 488 g/mol. The number of ketones is 1. The molecule has 2 aliphatic heterocycles. The topological polar surface area (TPSA) is 35.6 Å². The number of piperidine rings is 1. The number of hydrogen-bond acceptors (Lipinski definition) is 4. The van der Waals surface area contributed by atoms with Gasteiger partial charge in [-0.25, -0.2) is 0 Å². The first-order chi connectivity index (χ1) is 17.4. The second-order valence-corrected chi connectivity index (χ2v) is 12.0. The van der Waals surface area contributed by atoms with Gasteiger partial charge in [0.25, 0.3) is 0 Å². The van der Waals surface area contributed by atoms with Gasteiger partial charge >= 0.3 is 0 Å². The number of carbonyl (C=O) groups is 1. The molecule has 2 aromatic carbocycles. The molecule has 1 unspecified atom stereocenters. The number of benzene rings is 2. The van der Waals surface area contributed by atoms with Gasteiger partial charge in [-0.3, -0.25) is 14.6 Å². The standard InChI is InChI=1S/C32H45N3O/c1-5-26-11-10-25(18-30(26)24(4)36)21-34-16-17-35(27-19-32(20-27)12-14-33-15-13-32)31(22-34)29-9-7-6-8-28(29)23(2)3/h6-11,18,23,27,31,33H,5,12-17,19-22H2,1-4H3. The van der Waals surface area contributed by atoms with Gasteiger partial charge in [0.1, 0.15) is 0 Å². The van der Waals surface area contributed by atoms with Gasteiger partial charge in [-0.1, -0.05) is 57.2 Å². The molecule has 1 N–H and O–H groups in total. The smallest absolute Gasteiger partial charge is 0.160 e. The second kappa shape index (κ2) is 10.8. The number of aryl methyl sites for hydroxylation is 1. The first-order valence-electron chi connectivity index (χ1n) is 14.3. The van der Waals surface area contributed by atoms with Crippen molar-refractivity contribution in [3.8, 4) is 0 Å². The molecule has 0 aromatic heterocycles. The molecular weight excluding hydrogens is 442 g/mol. The van der Waals surface area contributed by atoms with E-state index in [4.69, 9.17) is 0 Å². The van der Waals surface area contributed by atoms with Crippen LogP contribution in [0.5, 0.6) is 0 Å². The van der Waals surface area contributed by atoms with Gasteiger partial charge in [0.15, 0.2) is 5.78 Å². The summed E-state index contributed by atoms with van der Waals surface area (Å²) in [6, 6.07) is 16.9. The highest BCUT2D eigenvalue weighted by Crippen LogP contribution is 2.52. The first kappa shape index (κ1) is 25.6. The van der Waals surface area contributed by atoms with Gasteiger partial charge in [0, 0.05) is 43.8 Å². The summed E-state index contributed by atoms with van der Waals surface area (Å²) < 4.78 is 0. The molecule has 1 aliphatic carbocycles. The van der Waals surface area contributed by atoms with Crippen molar-refractivity contribution in [1.29, 1.82) is 0 Å². The number of hydrogen-bond donors (Lipinski definition) is 1. The van der Waals surface area contributed by atoms with E-state index >= 15 is 0 Å². The molecule has 0 bridgehead atoms. The van der Waals surface area contributed by atoms with Crippen LogP contribution in [0.1, 0.15) is 97.9 Å². The van der Waals surface area contributed by atoms with Gasteiger partial charge in [-0.15, -0.1) is 0 Å². The normalized spacial score (nSPS) is 23.2. The minimum absolute atomic E-state index is 0.180. The summed E-state index contributed by atoms with van der Waals surface area (Å²) in [4.78, 5) is 17.8. The molecule has 1 spiro atoms. The average Bonchev–Trinajstić information content (AvgIpc) is 2.87. The van der Waals surface area contributed by atoms with Crippen molar-refractivity contribution in [3.63, 3.8) is 0 Å². The quantitative estimate of drug-likeness (QED) is 0.488. The van der Waals surface area contributed by atoms with Crippen LogP contribution in [0.25, 0.3) is 0 Å². The molecule has 2 aromatic rings. The van der Waals surface area contributed by atoms with Gasteiger partial charge in [0.2, 0.25) is 0 Å². The summed E-state index contributed by atoms with van der Waals surface area (Å²) in [5.74, 6) is 0.703. The molecule has 5 rings (SSSR count). The van der Waals surface area contributed by atoms with Crippen molar-refractivity contribution < 1.29 is 4.79 Å². The molecule has 2 saturated heterocycles. The highest BCUT2D eigenvalue weighted by molar-refractivity contribution is 5.95. The van der Waals surface area contributed by atoms with Crippen molar-refractivity contribution in [1.82, 2.24) is 15.1 Å². The van der Waals surface area contributed by atoms with Crippen LogP contribution in [0.2, 0.25) is 0 Å². The third-order valence-electron chi connectivity index (χ3n) is 9.29. The zero-order valence-corrected chi connectivity index (χ0v) is 22.9. The number of Topliss-reactive ketones (excluding diaryl/α,β-unsaturated/α-hetero) is 1. The maximum atomic E-state index is 12.3. The summed E-state index contributed by atoms with van der Waals surface area (Å²) in [6.07, 6.45) is 6.34. The number of nitrogens with one attached hydrogen (secondary N) is 1. The minimum atomic E-state index is 0.180. The van der Waals surface area contributed by atoms with Crippen molar-refractivity contribution in [2.75, 3.05) is 32.7 Å². The monoisotopic (exact) mass is 487 g/mol. The van der Waals surface area contributed by atoms with Crippen LogP contribution in [0.15, 0.2) is 42.5 Å². The van der Waals surface area contributed by atoms with Crippen LogP contribution in [0.3, 0.4) is 0 Å². The summed E-state index contributed by atoms with van der Waals surface area (Å²) in [5, 5.41) is 3.56. The largest absolute Gasteiger partial charge is 0.317 e. The lowest BCUT2D eigenvalue weighted by molar-refractivity contribution is -0.0650. The SMILES string of the molecule is CCc1ccc(CN2CCN(C3CC4(CCNCC4)C3)C(c3ccccc3C(C)C)C2)cc1C(C)=O. The van der Waals surface area contributed by atoms with E-state index in [1.165, 1.54) is 55.5 Å². The Morgan fingerprint density at radius 3 is 2.53 bits per heavy atom. The van der Waals surface area contributed by atoms with E-state index in [1.54, 1.807) is 6.92 Å². The molecule has 0 radical (unpaired) electrons. The van der Waals surface area contributed by atoms with E-state index in [1.807, 2.05) is 0 Å². The maximum absolute atomic E-state index is 12.3. The van der Waals surface area contributed by atoms with E-state index in [0.29, 0.717) is 23.4 Å². The Balaban J connectivity index is 1.37. The number of rotatable bonds is 7. The Hall–Kier alpha value is -2.01. The molecule has 2 heterocycles. The molecule has 1 atom stereocenters. The lowest BCUT2D eigenvalue weighted by Crippen LogP contribution is -2.59. The lowest BCUT2D eigenvalue weighted by Gasteiger charge is -2.57. The lowest BCUT2D eigenvalue weighted by atomic mass is 9.60. The van der Waals surface area contributed by atoms with E-state index in [2.05, 4.69) is 78.4 Å². The third-order valence-corrected chi connectivity index (χ3v) is 9.29. The third kappa shape index (κ3) is 5.18. The van der Waals surface area contributed by atoms with E-state index in [0.717, 1.165) is 43.7 Å². The van der Waals surface area contributed by atoms with E-state index in [9.17, 15) is 4.79 Å². The molecular formula is C32H45N3O. The predicted octanol–water partition coefficient (Wildman–Crippen LogP) is 5.97. The Bertz CT molecular complexity index is 1060. The zero-order chi connectivity index (χ0) is 25.3. The number of piperazine rings is 1. The van der Waals surface area contributed by atoms with Crippen LogP contribution < -0.4 is 5.32 Å². The minimum Gasteiger partial charge on any atom is -0.317 e. The number of nitrogens with zero attached hydrogens (tertiary/aromatic N) is 2. The van der Waals surface area contributed by atoms with Gasteiger partial charge in [-0.05, 0) is 91.8 Å². The van der Waals surface area contributed by atoms with Crippen LogP contribution in [-0.2, 0) is 13.0 Å². The van der Waals surface area contributed by atoms with Crippen LogP contribution >= 0.6 is 0 Å². The van der Waals surface area contributed by atoms with E-state index < -0.39 is 0 Å².